The topological polar surface area (TPSA) is 81.1 Å². The molecule has 0 saturated carbocycles. The van der Waals surface area contributed by atoms with Crippen molar-refractivity contribution in [3.8, 4) is 0 Å². The second kappa shape index (κ2) is 9.92. The van der Waals surface area contributed by atoms with E-state index in [0.29, 0.717) is 42.6 Å². The van der Waals surface area contributed by atoms with Crippen LogP contribution in [0.25, 0.3) is 6.08 Å². The van der Waals surface area contributed by atoms with Gasteiger partial charge in [-0.3, -0.25) is 9.59 Å². The van der Waals surface area contributed by atoms with Crippen LogP contribution in [0.3, 0.4) is 0 Å². The van der Waals surface area contributed by atoms with Crippen LogP contribution in [0.5, 0.6) is 0 Å². The first-order valence-electron chi connectivity index (χ1n) is 8.39. The largest absolute Gasteiger partial charge is 0.394 e. The van der Waals surface area contributed by atoms with E-state index in [4.69, 9.17) is 28.3 Å². The van der Waals surface area contributed by atoms with Gasteiger partial charge in [-0.05, 0) is 30.2 Å². The lowest BCUT2D eigenvalue weighted by molar-refractivity contribution is -0.130. The van der Waals surface area contributed by atoms with E-state index in [-0.39, 0.29) is 24.8 Å². The van der Waals surface area contributed by atoms with Gasteiger partial charge >= 0.3 is 0 Å². The zero-order valence-electron chi connectivity index (χ0n) is 14.3. The highest BCUT2D eigenvalue weighted by Gasteiger charge is 2.23. The Bertz CT molecular complexity index is 681. The van der Waals surface area contributed by atoms with Crippen LogP contribution in [0.1, 0.15) is 18.4 Å². The van der Waals surface area contributed by atoms with Crippen LogP contribution >= 0.6 is 23.2 Å². The van der Waals surface area contributed by atoms with Gasteiger partial charge in [0.2, 0.25) is 11.8 Å². The van der Waals surface area contributed by atoms with E-state index in [1.54, 1.807) is 34.1 Å². The fourth-order valence-corrected chi connectivity index (χ4v) is 2.92. The van der Waals surface area contributed by atoms with Gasteiger partial charge in [-0.2, -0.15) is 0 Å². The third kappa shape index (κ3) is 5.99. The Hall–Kier alpha value is -1.60. The molecule has 26 heavy (non-hydrogen) atoms. The minimum Gasteiger partial charge on any atom is -0.394 e. The van der Waals surface area contributed by atoms with E-state index in [1.165, 1.54) is 6.08 Å². The van der Waals surface area contributed by atoms with Crippen LogP contribution in [0.2, 0.25) is 10.0 Å². The number of nitrogens with zero attached hydrogens (tertiary/aromatic N) is 2. The van der Waals surface area contributed by atoms with Gasteiger partial charge in [0.1, 0.15) is 0 Å². The molecule has 6 nitrogen and oxygen atoms in total. The second-order valence-electron chi connectivity index (χ2n) is 6.09. The maximum absolute atomic E-state index is 12.4. The summed E-state index contributed by atoms with van der Waals surface area (Å²) in [4.78, 5) is 27.7. The maximum atomic E-state index is 12.4. The smallest absolute Gasteiger partial charge is 0.246 e. The molecule has 1 aliphatic rings. The molecule has 2 rings (SSSR count). The maximum Gasteiger partial charge on any atom is 0.246 e. The van der Waals surface area contributed by atoms with Gasteiger partial charge in [0, 0.05) is 38.7 Å². The van der Waals surface area contributed by atoms with Crippen LogP contribution in [0.15, 0.2) is 24.3 Å². The van der Waals surface area contributed by atoms with Gasteiger partial charge in [-0.15, -0.1) is 0 Å². The fourth-order valence-electron chi connectivity index (χ4n) is 2.61. The molecule has 1 aromatic rings. The molecule has 1 atom stereocenters. The molecule has 1 aliphatic heterocycles. The van der Waals surface area contributed by atoms with E-state index >= 15 is 0 Å². The summed E-state index contributed by atoms with van der Waals surface area (Å²) >= 11 is 11.8. The summed E-state index contributed by atoms with van der Waals surface area (Å²) in [5.74, 6) is -0.236. The van der Waals surface area contributed by atoms with E-state index in [0.717, 1.165) is 5.56 Å². The monoisotopic (exact) mass is 400 g/mol. The van der Waals surface area contributed by atoms with Gasteiger partial charge in [0.25, 0.3) is 0 Å². The minimum atomic E-state index is -0.835. The standard InChI is InChI=1S/C18H22Cl2N2O4/c19-15-3-1-13(11-16(15)20)2-4-17(25)22-8-6-18(26)21(9-10-22)7-5-14(24)12-23/h1-4,11,14,23-24H,5-10,12H2/b4-2+/t14-/m1/s1. The number of amides is 2. The molecule has 2 N–H and O–H groups in total. The van der Waals surface area contributed by atoms with Crippen LogP contribution in [-0.4, -0.2) is 70.7 Å². The summed E-state index contributed by atoms with van der Waals surface area (Å²) in [6.45, 7) is 1.21. The zero-order chi connectivity index (χ0) is 19.1. The average Bonchev–Trinajstić information content (AvgIpc) is 2.82. The quantitative estimate of drug-likeness (QED) is 0.713. The molecule has 0 spiro atoms. The zero-order valence-corrected chi connectivity index (χ0v) is 15.8. The van der Waals surface area contributed by atoms with Crippen molar-refractivity contribution in [3.63, 3.8) is 0 Å². The molecule has 8 heteroatoms. The number of hydrogen-bond donors (Lipinski definition) is 2. The summed E-state index contributed by atoms with van der Waals surface area (Å²) in [6.07, 6.45) is 2.83. The molecule has 2 amide bonds. The highest BCUT2D eigenvalue weighted by Crippen LogP contribution is 2.23. The third-order valence-electron chi connectivity index (χ3n) is 4.20. The average molecular weight is 401 g/mol. The molecule has 1 heterocycles. The number of carbonyl (C=O) groups is 2. The van der Waals surface area contributed by atoms with Crippen molar-refractivity contribution in [3.05, 3.63) is 39.9 Å². The van der Waals surface area contributed by atoms with Gasteiger partial charge in [0.15, 0.2) is 0 Å². The molecule has 0 bridgehead atoms. The normalized spacial score (nSPS) is 16.8. The summed E-state index contributed by atoms with van der Waals surface area (Å²) in [6, 6.07) is 5.10. The lowest BCUT2D eigenvalue weighted by atomic mass is 10.2. The lowest BCUT2D eigenvalue weighted by Crippen LogP contribution is -2.36. The second-order valence-corrected chi connectivity index (χ2v) is 6.90. The van der Waals surface area contributed by atoms with E-state index in [2.05, 4.69) is 0 Å². The molecule has 0 radical (unpaired) electrons. The van der Waals surface area contributed by atoms with Crippen molar-refractivity contribution in [2.75, 3.05) is 32.8 Å². The molecule has 142 valence electrons. The Morgan fingerprint density at radius 1 is 1.23 bits per heavy atom. The first kappa shape index (κ1) is 20.7. The van der Waals surface area contributed by atoms with Crippen LogP contribution in [-0.2, 0) is 9.59 Å². The predicted octanol–water partition coefficient (Wildman–Crippen LogP) is 1.81. The lowest BCUT2D eigenvalue weighted by Gasteiger charge is -2.22. The van der Waals surface area contributed by atoms with Gasteiger partial charge in [-0.25, -0.2) is 0 Å². The van der Waals surface area contributed by atoms with Crippen molar-refractivity contribution < 1.29 is 19.8 Å². The highest BCUT2D eigenvalue weighted by molar-refractivity contribution is 6.42. The van der Waals surface area contributed by atoms with Gasteiger partial charge < -0.3 is 20.0 Å². The first-order chi connectivity index (χ1) is 12.4. The Balaban J connectivity index is 1.92. The third-order valence-corrected chi connectivity index (χ3v) is 4.94. The molecule has 1 aromatic carbocycles. The van der Waals surface area contributed by atoms with Crippen LogP contribution in [0.4, 0.5) is 0 Å². The number of benzene rings is 1. The first-order valence-corrected chi connectivity index (χ1v) is 9.15. The van der Waals surface area contributed by atoms with E-state index < -0.39 is 6.10 Å². The van der Waals surface area contributed by atoms with Gasteiger partial charge in [-0.1, -0.05) is 29.3 Å². The number of aliphatic hydroxyl groups is 2. The Morgan fingerprint density at radius 2 is 2.00 bits per heavy atom. The van der Waals surface area contributed by atoms with Crippen molar-refractivity contribution in [1.29, 1.82) is 0 Å². The van der Waals surface area contributed by atoms with E-state index in [9.17, 15) is 14.7 Å². The molecular formula is C18H22Cl2N2O4. The molecule has 1 fully saturated rings. The number of hydrogen-bond acceptors (Lipinski definition) is 4. The van der Waals surface area contributed by atoms with E-state index in [1.807, 2.05) is 0 Å². The number of aliphatic hydroxyl groups excluding tert-OH is 2. The number of rotatable bonds is 6. The highest BCUT2D eigenvalue weighted by atomic mass is 35.5. The van der Waals surface area contributed by atoms with Crippen molar-refractivity contribution in [1.82, 2.24) is 9.80 Å². The van der Waals surface area contributed by atoms with Gasteiger partial charge in [0.05, 0.1) is 22.8 Å². The Kier molecular flexibility index (Phi) is 7.90. The molecular weight excluding hydrogens is 379 g/mol. The van der Waals surface area contributed by atoms with Crippen molar-refractivity contribution >= 4 is 41.1 Å². The molecule has 1 saturated heterocycles. The predicted molar refractivity (Wildman–Crippen MR) is 101 cm³/mol. The van der Waals surface area contributed by atoms with Crippen molar-refractivity contribution in [2.24, 2.45) is 0 Å². The SMILES string of the molecule is O=C(/C=C/c1ccc(Cl)c(Cl)c1)N1CCC(=O)N(CC[C@@H](O)CO)CC1. The summed E-state index contributed by atoms with van der Waals surface area (Å²) in [5.41, 5.74) is 0.762. The molecule has 0 unspecified atom stereocenters. The molecule has 0 aromatic heterocycles. The summed E-state index contributed by atoms with van der Waals surface area (Å²) < 4.78 is 0. The minimum absolute atomic E-state index is 0.0566. The number of carbonyl (C=O) groups excluding carboxylic acids is 2. The molecule has 0 aliphatic carbocycles. The van der Waals surface area contributed by atoms with Crippen molar-refractivity contribution in [2.45, 2.75) is 18.9 Å². The summed E-state index contributed by atoms with van der Waals surface area (Å²) in [7, 11) is 0. The Labute approximate surface area is 162 Å². The van der Waals surface area contributed by atoms with Crippen LogP contribution in [0, 0.1) is 0 Å². The van der Waals surface area contributed by atoms with Crippen LogP contribution < -0.4 is 0 Å². The number of halogens is 2. The summed E-state index contributed by atoms with van der Waals surface area (Å²) in [5, 5.41) is 19.1. The fraction of sp³-hybridized carbons (Fsp3) is 0.444. The Morgan fingerprint density at radius 3 is 2.69 bits per heavy atom.